The van der Waals surface area contributed by atoms with Crippen molar-refractivity contribution >= 4 is 36.1 Å². The highest BCUT2D eigenvalue weighted by Crippen LogP contribution is 2.29. The first-order valence-corrected chi connectivity index (χ1v) is 7.61. The third-order valence-corrected chi connectivity index (χ3v) is 4.35. The molecule has 0 unspecified atom stereocenters. The average molecular weight is 315 g/mol. The zero-order valence-corrected chi connectivity index (χ0v) is 12.8. The molecule has 1 aliphatic carbocycles. The molecular formula is C14H19ClN2O2S. The van der Waals surface area contributed by atoms with Crippen molar-refractivity contribution in [2.45, 2.75) is 32.1 Å². The van der Waals surface area contributed by atoms with E-state index in [-0.39, 0.29) is 16.8 Å². The Hall–Kier alpha value is -1.07. The largest absolute Gasteiger partial charge is 0.506 e. The van der Waals surface area contributed by atoms with E-state index in [2.05, 4.69) is 18.1 Å². The number of rotatable bonds is 3. The fraction of sp³-hybridized carbons (Fsp3) is 0.500. The Morgan fingerprint density at radius 3 is 2.75 bits per heavy atom. The van der Waals surface area contributed by atoms with Crippen molar-refractivity contribution < 1.29 is 9.90 Å². The van der Waals surface area contributed by atoms with Gasteiger partial charge in [0, 0.05) is 6.54 Å². The minimum atomic E-state index is -0.277. The second-order valence-corrected chi connectivity index (χ2v) is 5.94. The zero-order valence-electron chi connectivity index (χ0n) is 11.2. The molecule has 2 N–H and O–H groups in total. The number of thiol groups is 1. The number of phenols is 1. The van der Waals surface area contributed by atoms with Crippen LogP contribution in [-0.2, 0) is 0 Å². The molecule has 0 aromatic heterocycles. The van der Waals surface area contributed by atoms with Crippen LogP contribution in [0.1, 0.15) is 32.1 Å². The second kappa shape index (κ2) is 7.09. The summed E-state index contributed by atoms with van der Waals surface area (Å²) < 4.78 is 1.20. The van der Waals surface area contributed by atoms with Gasteiger partial charge in [0.1, 0.15) is 5.75 Å². The molecule has 2 rings (SSSR count). The summed E-state index contributed by atoms with van der Waals surface area (Å²) in [6, 6.07) is 4.26. The molecule has 110 valence electrons. The van der Waals surface area contributed by atoms with Crippen molar-refractivity contribution in [3.8, 4) is 5.75 Å². The Kier molecular flexibility index (Phi) is 5.43. The SMILES string of the molecule is O=C(NCC1CCCCC1)N(S)c1ccc(O)c(Cl)c1. The van der Waals surface area contributed by atoms with E-state index in [1.165, 1.54) is 48.5 Å². The molecule has 1 fully saturated rings. The summed E-state index contributed by atoms with van der Waals surface area (Å²) in [4.78, 5) is 12.0. The average Bonchev–Trinajstić information content (AvgIpc) is 2.48. The lowest BCUT2D eigenvalue weighted by Crippen LogP contribution is -2.37. The molecule has 0 radical (unpaired) electrons. The topological polar surface area (TPSA) is 52.6 Å². The fourth-order valence-electron chi connectivity index (χ4n) is 2.44. The van der Waals surface area contributed by atoms with E-state index in [0.717, 1.165) is 0 Å². The number of hydrogen-bond acceptors (Lipinski definition) is 3. The number of urea groups is 1. The summed E-state index contributed by atoms with van der Waals surface area (Å²) in [6.45, 7) is 0.682. The standard InChI is InChI=1S/C14H19ClN2O2S/c15-12-8-11(6-7-13(12)18)17(20)14(19)16-9-10-4-2-1-3-5-10/h6-8,10,18,20H,1-5,9H2,(H,16,19). The summed E-state index contributed by atoms with van der Waals surface area (Å²) in [7, 11) is 0. The summed E-state index contributed by atoms with van der Waals surface area (Å²) in [5, 5.41) is 12.4. The van der Waals surface area contributed by atoms with Crippen LogP contribution in [0, 0.1) is 5.92 Å². The molecule has 0 bridgehead atoms. The molecule has 0 heterocycles. The molecule has 1 aromatic rings. The number of amides is 2. The van der Waals surface area contributed by atoms with Gasteiger partial charge in [0.2, 0.25) is 0 Å². The second-order valence-electron chi connectivity index (χ2n) is 5.14. The van der Waals surface area contributed by atoms with Gasteiger partial charge in [0.25, 0.3) is 0 Å². The van der Waals surface area contributed by atoms with Gasteiger partial charge in [0.05, 0.1) is 10.7 Å². The number of anilines is 1. The number of aromatic hydroxyl groups is 1. The number of phenolic OH excluding ortho intramolecular Hbond substituents is 1. The molecule has 6 heteroatoms. The lowest BCUT2D eigenvalue weighted by molar-refractivity contribution is 0.245. The molecule has 0 aliphatic heterocycles. The smallest absolute Gasteiger partial charge is 0.331 e. The molecular weight excluding hydrogens is 296 g/mol. The normalized spacial score (nSPS) is 15.9. The molecule has 1 saturated carbocycles. The molecule has 1 aliphatic rings. The maximum absolute atomic E-state index is 12.0. The van der Waals surface area contributed by atoms with Crippen LogP contribution < -0.4 is 9.62 Å². The van der Waals surface area contributed by atoms with Crippen molar-refractivity contribution in [3.05, 3.63) is 23.2 Å². The van der Waals surface area contributed by atoms with E-state index in [1.807, 2.05) is 0 Å². The van der Waals surface area contributed by atoms with Crippen molar-refractivity contribution in [2.24, 2.45) is 5.92 Å². The van der Waals surface area contributed by atoms with Gasteiger partial charge in [0.15, 0.2) is 0 Å². The minimum absolute atomic E-state index is 0.0141. The quantitative estimate of drug-likeness (QED) is 0.739. The maximum Gasteiger partial charge on any atom is 0.331 e. The van der Waals surface area contributed by atoms with Gasteiger partial charge in [-0.25, -0.2) is 9.10 Å². The summed E-state index contributed by atoms with van der Waals surface area (Å²) >= 11 is 9.99. The molecule has 4 nitrogen and oxygen atoms in total. The van der Waals surface area contributed by atoms with Gasteiger partial charge >= 0.3 is 6.03 Å². The summed E-state index contributed by atoms with van der Waals surface area (Å²) in [5.74, 6) is 0.553. The number of hydrogen-bond donors (Lipinski definition) is 3. The third-order valence-electron chi connectivity index (χ3n) is 3.63. The summed E-state index contributed by atoms with van der Waals surface area (Å²) in [5.41, 5.74) is 0.525. The highest BCUT2D eigenvalue weighted by molar-refractivity contribution is 7.82. The zero-order chi connectivity index (χ0) is 14.5. The number of halogens is 1. The van der Waals surface area contributed by atoms with Crippen LogP contribution in [0.25, 0.3) is 0 Å². The van der Waals surface area contributed by atoms with Crippen molar-refractivity contribution in [1.82, 2.24) is 5.32 Å². The van der Waals surface area contributed by atoms with Gasteiger partial charge in [-0.1, -0.05) is 43.7 Å². The van der Waals surface area contributed by atoms with Gasteiger partial charge in [-0.2, -0.15) is 0 Å². The van der Waals surface area contributed by atoms with Gasteiger partial charge in [-0.15, -0.1) is 0 Å². The van der Waals surface area contributed by atoms with Crippen LogP contribution in [0.3, 0.4) is 0 Å². The number of nitrogens with one attached hydrogen (secondary N) is 1. The minimum Gasteiger partial charge on any atom is -0.506 e. The van der Waals surface area contributed by atoms with Crippen molar-refractivity contribution in [2.75, 3.05) is 10.8 Å². The van der Waals surface area contributed by atoms with E-state index in [0.29, 0.717) is 18.2 Å². The van der Waals surface area contributed by atoms with E-state index < -0.39 is 0 Å². The van der Waals surface area contributed by atoms with E-state index in [4.69, 9.17) is 11.6 Å². The highest BCUT2D eigenvalue weighted by Gasteiger charge is 2.17. The molecule has 2 amide bonds. The predicted molar refractivity (Wildman–Crippen MR) is 84.6 cm³/mol. The molecule has 0 saturated heterocycles. The molecule has 1 aromatic carbocycles. The molecule has 20 heavy (non-hydrogen) atoms. The van der Waals surface area contributed by atoms with E-state index >= 15 is 0 Å². The molecule has 0 atom stereocenters. The lowest BCUT2D eigenvalue weighted by Gasteiger charge is -2.23. The fourth-order valence-corrected chi connectivity index (χ4v) is 2.81. The van der Waals surface area contributed by atoms with E-state index in [1.54, 1.807) is 6.07 Å². The monoisotopic (exact) mass is 314 g/mol. The van der Waals surface area contributed by atoms with Crippen LogP contribution >= 0.6 is 24.4 Å². The van der Waals surface area contributed by atoms with Crippen LogP contribution in [-0.4, -0.2) is 17.7 Å². The van der Waals surface area contributed by atoms with Crippen molar-refractivity contribution in [1.29, 1.82) is 0 Å². The number of carbonyl (C=O) groups excluding carboxylic acids is 1. The van der Waals surface area contributed by atoms with Crippen LogP contribution in [0.2, 0.25) is 5.02 Å². The van der Waals surface area contributed by atoms with Gasteiger partial charge in [-0.05, 0) is 37.0 Å². The third kappa shape index (κ3) is 3.96. The van der Waals surface area contributed by atoms with Crippen molar-refractivity contribution in [3.63, 3.8) is 0 Å². The predicted octanol–water partition coefficient (Wildman–Crippen LogP) is 3.99. The highest BCUT2D eigenvalue weighted by atomic mass is 35.5. The first kappa shape index (κ1) is 15.3. The molecule has 0 spiro atoms. The Morgan fingerprint density at radius 2 is 2.10 bits per heavy atom. The lowest BCUT2D eigenvalue weighted by atomic mass is 9.89. The van der Waals surface area contributed by atoms with Gasteiger partial charge < -0.3 is 10.4 Å². The first-order chi connectivity index (χ1) is 9.58. The summed E-state index contributed by atoms with van der Waals surface area (Å²) in [6.07, 6.45) is 6.16. The maximum atomic E-state index is 12.0. The Labute approximate surface area is 129 Å². The Morgan fingerprint density at radius 1 is 1.40 bits per heavy atom. The van der Waals surface area contributed by atoms with Crippen LogP contribution in [0.4, 0.5) is 10.5 Å². The Bertz CT molecular complexity index is 478. The number of nitrogens with zero attached hydrogens (tertiary/aromatic N) is 1. The number of carbonyl (C=O) groups is 1. The van der Waals surface area contributed by atoms with Crippen LogP contribution in [0.15, 0.2) is 18.2 Å². The van der Waals surface area contributed by atoms with Gasteiger partial charge in [-0.3, -0.25) is 0 Å². The first-order valence-electron chi connectivity index (χ1n) is 6.83. The Balaban J connectivity index is 1.89. The van der Waals surface area contributed by atoms with Crippen LogP contribution in [0.5, 0.6) is 5.75 Å². The number of benzene rings is 1. The van der Waals surface area contributed by atoms with E-state index in [9.17, 15) is 9.90 Å².